The van der Waals surface area contributed by atoms with E-state index < -0.39 is 9.84 Å². The van der Waals surface area contributed by atoms with E-state index in [1.807, 2.05) is 19.1 Å². The highest BCUT2D eigenvalue weighted by Gasteiger charge is 2.29. The number of aromatic nitrogens is 1. The van der Waals surface area contributed by atoms with Crippen molar-refractivity contribution in [2.24, 2.45) is 0 Å². The molecule has 0 saturated heterocycles. The number of hydrogen-bond donors (Lipinski definition) is 1. The number of rotatable bonds is 17. The van der Waals surface area contributed by atoms with Gasteiger partial charge in [-0.25, -0.2) is 8.42 Å². The number of hydrogen-bond acceptors (Lipinski definition) is 8. The van der Waals surface area contributed by atoms with E-state index in [1.165, 1.54) is 5.56 Å². The lowest BCUT2D eigenvalue weighted by atomic mass is 9.91. The smallest absolute Gasteiger partial charge is 0.274 e. The van der Waals surface area contributed by atoms with Gasteiger partial charge in [-0.15, -0.1) is 0 Å². The Morgan fingerprint density at radius 3 is 2.37 bits per heavy atom. The largest absolute Gasteiger partial charge is 0.493 e. The Labute approximate surface area is 274 Å². The van der Waals surface area contributed by atoms with Crippen LogP contribution in [0.2, 0.25) is 0 Å². The maximum atomic E-state index is 13.3. The summed E-state index contributed by atoms with van der Waals surface area (Å²) in [6.45, 7) is 15.7. The van der Waals surface area contributed by atoms with Gasteiger partial charge >= 0.3 is 0 Å². The van der Waals surface area contributed by atoms with Crippen LogP contribution in [0.1, 0.15) is 100 Å². The Hall–Kier alpha value is -3.37. The second-order valence-corrected chi connectivity index (χ2v) is 14.8. The number of nitrogens with zero attached hydrogens (tertiary/aromatic N) is 2. The van der Waals surface area contributed by atoms with Crippen LogP contribution in [0.15, 0.2) is 34.9 Å². The van der Waals surface area contributed by atoms with Crippen molar-refractivity contribution in [2.45, 2.75) is 86.1 Å². The van der Waals surface area contributed by atoms with Crippen molar-refractivity contribution in [3.8, 4) is 33.9 Å². The molecule has 1 aromatic heterocycles. The zero-order chi connectivity index (χ0) is 33.3. The standard InChI is InChI=1S/C36H51N3O6S/c1-7-11-18-43-31-23-32(44-19-12-8-2)30(22-29(31)25(5)6)35-33(34(38-45-35)36(40)37-9-3)27-13-14-28-24-39(16-15-26(28)21-27)17-20-46(41,42)10-4/h13-14,21-23,25H,7-12,15-20,24H2,1-6H3,(H,37,40). The normalized spacial score (nSPS) is 13.5. The quantitative estimate of drug-likeness (QED) is 0.155. The predicted molar refractivity (Wildman–Crippen MR) is 184 cm³/mol. The predicted octanol–water partition coefficient (Wildman–Crippen LogP) is 7.03. The van der Waals surface area contributed by atoms with Crippen LogP contribution in [-0.2, 0) is 22.8 Å². The Bertz CT molecular complexity index is 1580. The molecular weight excluding hydrogens is 602 g/mol. The van der Waals surface area contributed by atoms with Crippen molar-refractivity contribution < 1.29 is 27.2 Å². The van der Waals surface area contributed by atoms with E-state index in [2.05, 4.69) is 61.3 Å². The highest BCUT2D eigenvalue weighted by molar-refractivity contribution is 7.91. The Morgan fingerprint density at radius 2 is 1.72 bits per heavy atom. The van der Waals surface area contributed by atoms with Crippen molar-refractivity contribution in [2.75, 3.05) is 44.4 Å². The van der Waals surface area contributed by atoms with Gasteiger partial charge in [-0.2, -0.15) is 0 Å². The summed E-state index contributed by atoms with van der Waals surface area (Å²) in [5, 5.41) is 7.21. The van der Waals surface area contributed by atoms with Crippen LogP contribution in [0.3, 0.4) is 0 Å². The van der Waals surface area contributed by atoms with Gasteiger partial charge in [-0.05, 0) is 60.4 Å². The molecule has 2 aromatic carbocycles. The van der Waals surface area contributed by atoms with Gasteiger partial charge in [0.25, 0.3) is 5.91 Å². The molecule has 3 aromatic rings. The van der Waals surface area contributed by atoms with E-state index in [0.717, 1.165) is 66.7 Å². The molecule has 10 heteroatoms. The number of unbranched alkanes of at least 4 members (excludes halogenated alkanes) is 2. The molecule has 0 unspecified atom stereocenters. The number of ether oxygens (including phenoxy) is 2. The molecule has 4 rings (SSSR count). The van der Waals surface area contributed by atoms with E-state index in [0.29, 0.717) is 49.9 Å². The van der Waals surface area contributed by atoms with Crippen molar-refractivity contribution in [1.82, 2.24) is 15.4 Å². The third kappa shape index (κ3) is 8.70. The molecule has 0 spiro atoms. The topological polar surface area (TPSA) is 111 Å². The van der Waals surface area contributed by atoms with Gasteiger partial charge < -0.3 is 19.3 Å². The van der Waals surface area contributed by atoms with Crippen LogP contribution in [0, 0.1) is 0 Å². The summed E-state index contributed by atoms with van der Waals surface area (Å²) in [6, 6.07) is 10.2. The fourth-order valence-electron chi connectivity index (χ4n) is 5.62. The third-order valence-electron chi connectivity index (χ3n) is 8.48. The highest BCUT2D eigenvalue weighted by atomic mass is 32.2. The average Bonchev–Trinajstić information content (AvgIpc) is 3.49. The van der Waals surface area contributed by atoms with Crippen molar-refractivity contribution in [3.63, 3.8) is 0 Å². The molecule has 0 radical (unpaired) electrons. The lowest BCUT2D eigenvalue weighted by molar-refractivity contribution is 0.0947. The van der Waals surface area contributed by atoms with Crippen molar-refractivity contribution in [3.05, 3.63) is 52.7 Å². The third-order valence-corrected chi connectivity index (χ3v) is 10.2. The monoisotopic (exact) mass is 653 g/mol. The molecular formula is C36H51N3O6S. The average molecular weight is 654 g/mol. The minimum absolute atomic E-state index is 0.161. The first-order valence-electron chi connectivity index (χ1n) is 16.9. The van der Waals surface area contributed by atoms with Gasteiger partial charge in [0.05, 0.1) is 30.1 Å². The summed E-state index contributed by atoms with van der Waals surface area (Å²) in [4.78, 5) is 15.5. The first-order chi connectivity index (χ1) is 22.1. The van der Waals surface area contributed by atoms with Gasteiger partial charge in [0.1, 0.15) is 11.5 Å². The van der Waals surface area contributed by atoms with Crippen molar-refractivity contribution >= 4 is 15.7 Å². The van der Waals surface area contributed by atoms with Crippen LogP contribution in [0.5, 0.6) is 11.5 Å². The number of amides is 1. The fraction of sp³-hybridized carbons (Fsp3) is 0.556. The highest BCUT2D eigenvalue weighted by Crippen LogP contribution is 2.44. The fourth-order valence-corrected chi connectivity index (χ4v) is 6.44. The first kappa shape index (κ1) is 35.5. The summed E-state index contributed by atoms with van der Waals surface area (Å²) in [5.41, 5.74) is 5.79. The molecule has 0 saturated carbocycles. The number of carbonyl (C=O) groups excluding carboxylic acids is 1. The van der Waals surface area contributed by atoms with Gasteiger partial charge in [0.2, 0.25) is 0 Å². The Morgan fingerprint density at radius 1 is 1.00 bits per heavy atom. The van der Waals surface area contributed by atoms with E-state index in [4.69, 9.17) is 14.0 Å². The van der Waals surface area contributed by atoms with Gasteiger partial charge in [-0.3, -0.25) is 9.69 Å². The number of carbonyl (C=O) groups is 1. The minimum atomic E-state index is -3.03. The number of fused-ring (bicyclic) bond motifs is 1. The van der Waals surface area contributed by atoms with Crippen LogP contribution in [-0.4, -0.2) is 68.7 Å². The van der Waals surface area contributed by atoms with E-state index in [-0.39, 0.29) is 29.0 Å². The summed E-state index contributed by atoms with van der Waals surface area (Å²) in [7, 11) is -3.03. The van der Waals surface area contributed by atoms with Gasteiger partial charge in [0.15, 0.2) is 21.3 Å². The Balaban J connectivity index is 1.80. The molecule has 2 heterocycles. The van der Waals surface area contributed by atoms with Crippen LogP contribution < -0.4 is 14.8 Å². The molecule has 1 aliphatic heterocycles. The number of sulfone groups is 1. The molecule has 252 valence electrons. The summed E-state index contributed by atoms with van der Waals surface area (Å²) < 4.78 is 42.9. The molecule has 46 heavy (non-hydrogen) atoms. The maximum Gasteiger partial charge on any atom is 0.274 e. The maximum absolute atomic E-state index is 13.3. The molecule has 0 atom stereocenters. The molecule has 0 aliphatic carbocycles. The molecule has 1 N–H and O–H groups in total. The first-order valence-corrected chi connectivity index (χ1v) is 18.7. The lowest BCUT2D eigenvalue weighted by Crippen LogP contribution is -2.34. The second kappa shape index (κ2) is 16.5. The Kier molecular flexibility index (Phi) is 12.7. The molecule has 9 nitrogen and oxygen atoms in total. The van der Waals surface area contributed by atoms with Crippen LogP contribution in [0.25, 0.3) is 22.5 Å². The van der Waals surface area contributed by atoms with Gasteiger partial charge in [-0.1, -0.05) is 70.8 Å². The van der Waals surface area contributed by atoms with Gasteiger partial charge in [0, 0.05) is 38.0 Å². The van der Waals surface area contributed by atoms with Crippen molar-refractivity contribution in [1.29, 1.82) is 0 Å². The molecule has 0 bridgehead atoms. The van der Waals surface area contributed by atoms with Crippen LogP contribution in [0.4, 0.5) is 0 Å². The zero-order valence-electron chi connectivity index (χ0n) is 28.4. The molecule has 1 aliphatic rings. The number of benzene rings is 2. The molecule has 0 fully saturated rings. The van der Waals surface area contributed by atoms with E-state index in [1.54, 1.807) is 6.92 Å². The second-order valence-electron chi connectivity index (χ2n) is 12.3. The zero-order valence-corrected chi connectivity index (χ0v) is 29.2. The minimum Gasteiger partial charge on any atom is -0.493 e. The summed E-state index contributed by atoms with van der Waals surface area (Å²) in [6.07, 6.45) is 4.67. The lowest BCUT2D eigenvalue weighted by Gasteiger charge is -2.29. The molecule has 1 amide bonds. The van der Waals surface area contributed by atoms with Crippen LogP contribution >= 0.6 is 0 Å². The van der Waals surface area contributed by atoms with E-state index >= 15 is 0 Å². The SMILES string of the molecule is CCCCOc1cc(OCCCC)c(C(C)C)cc1-c1onc(C(=O)NCC)c1-c1ccc2c(c1)CCN(CCS(=O)(=O)CC)C2. The summed E-state index contributed by atoms with van der Waals surface area (Å²) in [5.74, 6) is 2.12. The summed E-state index contributed by atoms with van der Waals surface area (Å²) >= 11 is 0. The number of nitrogens with one attached hydrogen (secondary N) is 1. The van der Waals surface area contributed by atoms with E-state index in [9.17, 15) is 13.2 Å².